The molecular formula is C13H22N2O2. The van der Waals surface area contributed by atoms with E-state index in [-0.39, 0.29) is 24.2 Å². The van der Waals surface area contributed by atoms with Crippen LogP contribution in [0.25, 0.3) is 0 Å². The third-order valence-electron chi connectivity index (χ3n) is 3.95. The molecule has 0 bridgehead atoms. The fourth-order valence-corrected chi connectivity index (χ4v) is 2.88. The van der Waals surface area contributed by atoms with Crippen molar-refractivity contribution >= 4 is 0 Å². The minimum Gasteiger partial charge on any atom is -0.392 e. The summed E-state index contributed by atoms with van der Waals surface area (Å²) in [6.45, 7) is 6.28. The maximum absolute atomic E-state index is 10.3. The van der Waals surface area contributed by atoms with Crippen molar-refractivity contribution in [2.24, 2.45) is 18.9 Å². The van der Waals surface area contributed by atoms with Crippen LogP contribution in [0.15, 0.2) is 12.3 Å². The standard InChI is InChI=1S/C13H22N2O2/c1-8-9(2)17-10(3)13(8)12(16)7-11-5-6-15(4)14-11/h5-6,8-10,12-13,16H,7H2,1-4H3. The van der Waals surface area contributed by atoms with Crippen LogP contribution in [0.5, 0.6) is 0 Å². The van der Waals surface area contributed by atoms with E-state index in [1.165, 1.54) is 0 Å². The Bertz CT molecular complexity index is 377. The van der Waals surface area contributed by atoms with E-state index >= 15 is 0 Å². The molecule has 1 N–H and O–H groups in total. The van der Waals surface area contributed by atoms with Crippen LogP contribution in [0.1, 0.15) is 26.5 Å². The summed E-state index contributed by atoms with van der Waals surface area (Å²) in [5, 5.41) is 14.6. The fraction of sp³-hybridized carbons (Fsp3) is 0.769. The first-order chi connectivity index (χ1) is 7.99. The molecule has 0 aliphatic carbocycles. The van der Waals surface area contributed by atoms with Crippen LogP contribution >= 0.6 is 0 Å². The summed E-state index contributed by atoms with van der Waals surface area (Å²) >= 11 is 0. The van der Waals surface area contributed by atoms with Crippen LogP contribution in [0.4, 0.5) is 0 Å². The van der Waals surface area contributed by atoms with E-state index in [0.717, 1.165) is 5.69 Å². The van der Waals surface area contributed by atoms with E-state index in [4.69, 9.17) is 4.74 Å². The predicted octanol–water partition coefficient (Wildman–Crippen LogP) is 1.38. The Balaban J connectivity index is 2.02. The lowest BCUT2D eigenvalue weighted by atomic mass is 9.83. The maximum Gasteiger partial charge on any atom is 0.0652 e. The van der Waals surface area contributed by atoms with Crippen molar-refractivity contribution in [1.29, 1.82) is 0 Å². The first-order valence-electron chi connectivity index (χ1n) is 6.31. The van der Waals surface area contributed by atoms with Gasteiger partial charge in [0.25, 0.3) is 0 Å². The molecular weight excluding hydrogens is 216 g/mol. The molecule has 0 radical (unpaired) electrons. The number of aryl methyl sites for hydroxylation is 1. The summed E-state index contributed by atoms with van der Waals surface area (Å²) in [5.41, 5.74) is 0.943. The highest BCUT2D eigenvalue weighted by molar-refractivity contribution is 5.02. The topological polar surface area (TPSA) is 47.3 Å². The molecule has 0 aromatic carbocycles. The summed E-state index contributed by atoms with van der Waals surface area (Å²) in [4.78, 5) is 0. The Kier molecular flexibility index (Phi) is 3.54. The predicted molar refractivity (Wildman–Crippen MR) is 65.6 cm³/mol. The number of ether oxygens (including phenoxy) is 1. The first-order valence-corrected chi connectivity index (χ1v) is 6.31. The Morgan fingerprint density at radius 3 is 2.59 bits per heavy atom. The Morgan fingerprint density at radius 1 is 1.41 bits per heavy atom. The van der Waals surface area contributed by atoms with E-state index in [9.17, 15) is 5.11 Å². The number of rotatable bonds is 3. The Morgan fingerprint density at radius 2 is 2.12 bits per heavy atom. The molecule has 4 nitrogen and oxygen atoms in total. The number of aliphatic hydroxyl groups excluding tert-OH is 1. The van der Waals surface area contributed by atoms with Crippen molar-refractivity contribution in [3.8, 4) is 0 Å². The quantitative estimate of drug-likeness (QED) is 0.865. The van der Waals surface area contributed by atoms with Crippen LogP contribution in [0.3, 0.4) is 0 Å². The van der Waals surface area contributed by atoms with Gasteiger partial charge < -0.3 is 9.84 Å². The third-order valence-corrected chi connectivity index (χ3v) is 3.95. The molecule has 5 atom stereocenters. The molecule has 17 heavy (non-hydrogen) atoms. The van der Waals surface area contributed by atoms with E-state index in [1.54, 1.807) is 4.68 Å². The average molecular weight is 238 g/mol. The Hall–Kier alpha value is -0.870. The van der Waals surface area contributed by atoms with Gasteiger partial charge >= 0.3 is 0 Å². The second-order valence-electron chi connectivity index (χ2n) is 5.24. The highest BCUT2D eigenvalue weighted by Crippen LogP contribution is 2.35. The van der Waals surface area contributed by atoms with Gasteiger partial charge in [0.1, 0.15) is 0 Å². The van der Waals surface area contributed by atoms with E-state index in [2.05, 4.69) is 18.9 Å². The van der Waals surface area contributed by atoms with E-state index < -0.39 is 0 Å². The van der Waals surface area contributed by atoms with Crippen molar-refractivity contribution < 1.29 is 9.84 Å². The SMILES string of the molecule is CC1OC(C)C(C(O)Cc2ccn(C)n2)C1C. The number of nitrogens with zero attached hydrogens (tertiary/aromatic N) is 2. The van der Waals surface area contributed by atoms with Gasteiger partial charge in [-0.1, -0.05) is 6.92 Å². The molecule has 96 valence electrons. The second-order valence-corrected chi connectivity index (χ2v) is 5.24. The molecule has 2 heterocycles. The summed E-state index contributed by atoms with van der Waals surface area (Å²) in [6, 6.07) is 1.96. The van der Waals surface area contributed by atoms with E-state index in [1.807, 2.05) is 26.2 Å². The molecule has 1 aliphatic rings. The monoisotopic (exact) mass is 238 g/mol. The van der Waals surface area contributed by atoms with Crippen molar-refractivity contribution in [2.75, 3.05) is 0 Å². The maximum atomic E-state index is 10.3. The number of aliphatic hydroxyl groups is 1. The van der Waals surface area contributed by atoms with Gasteiger partial charge in [-0.2, -0.15) is 5.10 Å². The van der Waals surface area contributed by atoms with Crippen molar-refractivity contribution in [1.82, 2.24) is 9.78 Å². The normalized spacial score (nSPS) is 35.1. The first kappa shape index (κ1) is 12.6. The zero-order valence-electron chi connectivity index (χ0n) is 11.0. The fourth-order valence-electron chi connectivity index (χ4n) is 2.88. The molecule has 1 aromatic heterocycles. The van der Waals surface area contributed by atoms with Crippen LogP contribution < -0.4 is 0 Å². The molecule has 4 heteroatoms. The minimum absolute atomic E-state index is 0.124. The van der Waals surface area contributed by atoms with Gasteiger partial charge in [-0.3, -0.25) is 4.68 Å². The zero-order valence-corrected chi connectivity index (χ0v) is 11.0. The zero-order chi connectivity index (χ0) is 12.6. The number of hydrogen-bond donors (Lipinski definition) is 1. The minimum atomic E-state index is -0.375. The average Bonchev–Trinajstić information content (AvgIpc) is 2.73. The summed E-state index contributed by atoms with van der Waals surface area (Å²) in [6.07, 6.45) is 2.49. The molecule has 1 saturated heterocycles. The number of aromatic nitrogens is 2. The van der Waals surface area contributed by atoms with Gasteiger partial charge in [-0.05, 0) is 25.8 Å². The van der Waals surface area contributed by atoms with E-state index in [0.29, 0.717) is 12.3 Å². The third kappa shape index (κ3) is 2.53. The van der Waals surface area contributed by atoms with Crippen LogP contribution in [0.2, 0.25) is 0 Å². The lowest BCUT2D eigenvalue weighted by Crippen LogP contribution is -2.32. The smallest absolute Gasteiger partial charge is 0.0652 e. The molecule has 2 rings (SSSR count). The molecule has 0 amide bonds. The summed E-state index contributed by atoms with van der Waals surface area (Å²) in [5.74, 6) is 0.593. The largest absolute Gasteiger partial charge is 0.392 e. The molecule has 1 aliphatic heterocycles. The summed E-state index contributed by atoms with van der Waals surface area (Å²) in [7, 11) is 1.89. The Labute approximate surface area is 103 Å². The molecule has 0 saturated carbocycles. The molecule has 0 spiro atoms. The van der Waals surface area contributed by atoms with Crippen molar-refractivity contribution in [3.05, 3.63) is 18.0 Å². The lowest BCUT2D eigenvalue weighted by molar-refractivity contribution is 0.0237. The highest BCUT2D eigenvalue weighted by atomic mass is 16.5. The van der Waals surface area contributed by atoms with Gasteiger partial charge in [0, 0.05) is 25.6 Å². The molecule has 1 aromatic rings. The second kappa shape index (κ2) is 4.78. The van der Waals surface area contributed by atoms with Crippen molar-refractivity contribution in [3.63, 3.8) is 0 Å². The van der Waals surface area contributed by atoms with Gasteiger partial charge in [-0.15, -0.1) is 0 Å². The van der Waals surface area contributed by atoms with Crippen molar-refractivity contribution in [2.45, 2.75) is 45.5 Å². The van der Waals surface area contributed by atoms with Crippen LogP contribution in [0, 0.1) is 11.8 Å². The van der Waals surface area contributed by atoms with Gasteiger partial charge in [-0.25, -0.2) is 0 Å². The summed E-state index contributed by atoms with van der Waals surface area (Å²) < 4.78 is 7.53. The van der Waals surface area contributed by atoms with Crippen LogP contribution in [-0.4, -0.2) is 33.2 Å². The van der Waals surface area contributed by atoms with Gasteiger partial charge in [0.05, 0.1) is 24.0 Å². The van der Waals surface area contributed by atoms with Gasteiger partial charge in [0.15, 0.2) is 0 Å². The van der Waals surface area contributed by atoms with Crippen LogP contribution in [-0.2, 0) is 18.2 Å². The molecule has 5 unspecified atom stereocenters. The molecule has 1 fully saturated rings. The number of hydrogen-bond acceptors (Lipinski definition) is 3. The lowest BCUT2D eigenvalue weighted by Gasteiger charge is -2.24. The highest BCUT2D eigenvalue weighted by Gasteiger charge is 2.41. The van der Waals surface area contributed by atoms with Gasteiger partial charge in [0.2, 0.25) is 0 Å².